The second-order valence-corrected chi connectivity index (χ2v) is 7.75. The van der Waals surface area contributed by atoms with Crippen LogP contribution < -0.4 is 10.2 Å². The first-order valence-corrected chi connectivity index (χ1v) is 10.3. The minimum absolute atomic E-state index is 0.0331. The second kappa shape index (κ2) is 9.88. The maximum absolute atomic E-state index is 13.7. The van der Waals surface area contributed by atoms with Crippen LogP contribution in [0.15, 0.2) is 59.5 Å². The summed E-state index contributed by atoms with van der Waals surface area (Å²) < 4.78 is 19.2. The molecule has 4 nitrogen and oxygen atoms in total. The molecule has 1 amide bonds. The van der Waals surface area contributed by atoms with Gasteiger partial charge < -0.3 is 15.0 Å². The van der Waals surface area contributed by atoms with E-state index in [0.717, 1.165) is 26.3 Å². The lowest BCUT2D eigenvalue weighted by atomic mass is 9.98. The van der Waals surface area contributed by atoms with E-state index in [1.54, 1.807) is 18.2 Å². The van der Waals surface area contributed by atoms with Crippen molar-refractivity contribution in [2.75, 3.05) is 32.1 Å². The van der Waals surface area contributed by atoms with Crippen LogP contribution in [-0.4, -0.2) is 44.0 Å². The average Bonchev–Trinajstić information content (AvgIpc) is 2.69. The largest absolute Gasteiger partial charge is 0.370 e. The highest BCUT2D eigenvalue weighted by Gasteiger charge is 2.32. The van der Waals surface area contributed by atoms with Crippen molar-refractivity contribution in [3.8, 4) is 0 Å². The fourth-order valence-corrected chi connectivity index (χ4v) is 4.32. The molecule has 0 radical (unpaired) electrons. The van der Waals surface area contributed by atoms with Gasteiger partial charge in [0.2, 0.25) is 5.91 Å². The van der Waals surface area contributed by atoms with Crippen molar-refractivity contribution < 1.29 is 18.8 Å². The number of ether oxygens (including phenoxy) is 1. The molecule has 3 rings (SSSR count). The summed E-state index contributed by atoms with van der Waals surface area (Å²) in [6, 6.07) is 17.0. The minimum atomic E-state index is -0.289. The lowest BCUT2D eigenvalue weighted by Crippen LogP contribution is -3.15. The predicted octanol–water partition coefficient (Wildman–Crippen LogP) is 2.08. The number of amides is 1. The lowest BCUT2D eigenvalue weighted by molar-refractivity contribution is -0.940. The standard InChI is InChI=1S/C21H25FN2O2S/c1-16(23-20(25)15-27-19-10-6-5-9-18(19)22)21(17-7-3-2-4-8-17)24-11-13-26-14-12-24/h2-10,16,21H,11-15H2,1H3,(H,23,25)/p+1/t16-,21-/m0/s1. The monoisotopic (exact) mass is 389 g/mol. The maximum Gasteiger partial charge on any atom is 0.230 e. The molecule has 2 aromatic carbocycles. The molecular weight excluding hydrogens is 363 g/mol. The van der Waals surface area contributed by atoms with Gasteiger partial charge in [-0.3, -0.25) is 4.79 Å². The Kier molecular flexibility index (Phi) is 7.26. The van der Waals surface area contributed by atoms with Crippen molar-refractivity contribution in [2.24, 2.45) is 0 Å². The van der Waals surface area contributed by atoms with Gasteiger partial charge in [-0.2, -0.15) is 0 Å². The van der Waals surface area contributed by atoms with Crippen LogP contribution in [-0.2, 0) is 9.53 Å². The molecule has 144 valence electrons. The van der Waals surface area contributed by atoms with Crippen molar-refractivity contribution in [3.63, 3.8) is 0 Å². The van der Waals surface area contributed by atoms with E-state index in [9.17, 15) is 9.18 Å². The summed E-state index contributed by atoms with van der Waals surface area (Å²) in [7, 11) is 0. The first-order chi connectivity index (χ1) is 13.1. The number of benzene rings is 2. The molecule has 0 saturated carbocycles. The summed E-state index contributed by atoms with van der Waals surface area (Å²) in [6.45, 7) is 5.37. The van der Waals surface area contributed by atoms with Crippen LogP contribution in [0.2, 0.25) is 0 Å². The number of rotatable bonds is 7. The average molecular weight is 390 g/mol. The number of carbonyl (C=O) groups excluding carboxylic acids is 1. The van der Waals surface area contributed by atoms with Gasteiger partial charge in [-0.05, 0) is 19.1 Å². The molecule has 1 aliphatic rings. The molecule has 0 aromatic heterocycles. The molecule has 1 heterocycles. The Balaban J connectivity index is 1.64. The van der Waals surface area contributed by atoms with E-state index in [1.165, 1.54) is 28.3 Å². The number of morpholine rings is 1. The molecular formula is C21H26FN2O2S+. The SMILES string of the molecule is C[C@H](NC(=O)CSc1ccccc1F)[C@@H](c1ccccc1)[NH+]1CCOCC1. The van der Waals surface area contributed by atoms with Gasteiger partial charge in [-0.15, -0.1) is 11.8 Å². The second-order valence-electron chi connectivity index (χ2n) is 6.73. The zero-order valence-corrected chi connectivity index (χ0v) is 16.3. The summed E-state index contributed by atoms with van der Waals surface area (Å²) in [5, 5.41) is 3.12. The van der Waals surface area contributed by atoms with Crippen molar-refractivity contribution >= 4 is 17.7 Å². The van der Waals surface area contributed by atoms with Gasteiger partial charge in [-0.25, -0.2) is 4.39 Å². The molecule has 2 aromatic rings. The van der Waals surface area contributed by atoms with Crippen LogP contribution in [0, 0.1) is 5.82 Å². The molecule has 1 saturated heterocycles. The Labute approximate surface area is 164 Å². The number of thioether (sulfide) groups is 1. The highest BCUT2D eigenvalue weighted by Crippen LogP contribution is 2.21. The van der Waals surface area contributed by atoms with Crippen LogP contribution in [0.5, 0.6) is 0 Å². The Bertz CT molecular complexity index is 738. The molecule has 1 fully saturated rings. The van der Waals surface area contributed by atoms with Gasteiger partial charge in [0.15, 0.2) is 0 Å². The summed E-state index contributed by atoms with van der Waals surface area (Å²) in [6.07, 6.45) is 0. The van der Waals surface area contributed by atoms with E-state index in [1.807, 2.05) is 25.1 Å². The van der Waals surface area contributed by atoms with Crippen molar-refractivity contribution in [1.29, 1.82) is 0 Å². The predicted molar refractivity (Wildman–Crippen MR) is 105 cm³/mol. The Morgan fingerprint density at radius 3 is 2.52 bits per heavy atom. The first-order valence-electron chi connectivity index (χ1n) is 9.29. The number of quaternary nitrogens is 1. The number of carbonyl (C=O) groups is 1. The van der Waals surface area contributed by atoms with Gasteiger partial charge in [-0.1, -0.05) is 42.5 Å². The van der Waals surface area contributed by atoms with E-state index < -0.39 is 0 Å². The normalized spacial score (nSPS) is 17.3. The van der Waals surface area contributed by atoms with E-state index >= 15 is 0 Å². The third-order valence-corrected chi connectivity index (χ3v) is 5.87. The molecule has 2 N–H and O–H groups in total. The molecule has 2 atom stereocenters. The Hall–Kier alpha value is -1.89. The van der Waals surface area contributed by atoms with Gasteiger partial charge >= 0.3 is 0 Å². The van der Waals surface area contributed by atoms with E-state index in [-0.39, 0.29) is 29.6 Å². The summed E-state index contributed by atoms with van der Waals surface area (Å²) in [4.78, 5) is 14.4. The van der Waals surface area contributed by atoms with E-state index in [4.69, 9.17) is 4.74 Å². The summed E-state index contributed by atoms with van der Waals surface area (Å²) in [5.74, 6) is -0.168. The van der Waals surface area contributed by atoms with Crippen LogP contribution in [0.3, 0.4) is 0 Å². The lowest BCUT2D eigenvalue weighted by Gasteiger charge is -2.35. The third-order valence-electron chi connectivity index (χ3n) is 4.82. The summed E-state index contributed by atoms with van der Waals surface area (Å²) in [5.41, 5.74) is 1.21. The smallest absolute Gasteiger partial charge is 0.230 e. The van der Waals surface area contributed by atoms with Gasteiger partial charge in [0.1, 0.15) is 24.9 Å². The van der Waals surface area contributed by atoms with E-state index in [2.05, 4.69) is 17.4 Å². The van der Waals surface area contributed by atoms with Crippen LogP contribution in [0.4, 0.5) is 4.39 Å². The van der Waals surface area contributed by atoms with Crippen LogP contribution >= 0.6 is 11.8 Å². The maximum atomic E-state index is 13.7. The first kappa shape index (κ1) is 19.9. The zero-order valence-electron chi connectivity index (χ0n) is 15.5. The van der Waals surface area contributed by atoms with Crippen molar-refractivity contribution in [2.45, 2.75) is 23.9 Å². The molecule has 0 spiro atoms. The molecule has 0 aliphatic carbocycles. The quantitative estimate of drug-likeness (QED) is 0.713. The van der Waals surface area contributed by atoms with Crippen molar-refractivity contribution in [1.82, 2.24) is 5.32 Å². The topological polar surface area (TPSA) is 42.8 Å². The molecule has 0 unspecified atom stereocenters. The van der Waals surface area contributed by atoms with Crippen molar-refractivity contribution in [3.05, 3.63) is 66.0 Å². The highest BCUT2D eigenvalue weighted by molar-refractivity contribution is 8.00. The Morgan fingerprint density at radius 1 is 1.15 bits per heavy atom. The number of hydrogen-bond donors (Lipinski definition) is 2. The fourth-order valence-electron chi connectivity index (χ4n) is 3.57. The number of nitrogens with one attached hydrogen (secondary N) is 2. The minimum Gasteiger partial charge on any atom is -0.370 e. The number of hydrogen-bond acceptors (Lipinski definition) is 3. The van der Waals surface area contributed by atoms with Gasteiger partial charge in [0, 0.05) is 10.5 Å². The van der Waals surface area contributed by atoms with E-state index in [0.29, 0.717) is 4.90 Å². The van der Waals surface area contributed by atoms with Gasteiger partial charge in [0.05, 0.1) is 25.0 Å². The van der Waals surface area contributed by atoms with Gasteiger partial charge in [0.25, 0.3) is 0 Å². The molecule has 6 heteroatoms. The summed E-state index contributed by atoms with van der Waals surface area (Å²) >= 11 is 1.23. The number of halogens is 1. The fraction of sp³-hybridized carbons (Fsp3) is 0.381. The van der Waals surface area contributed by atoms with Crippen LogP contribution in [0.1, 0.15) is 18.5 Å². The molecule has 27 heavy (non-hydrogen) atoms. The molecule has 0 bridgehead atoms. The highest BCUT2D eigenvalue weighted by atomic mass is 32.2. The third kappa shape index (κ3) is 5.54. The Morgan fingerprint density at radius 2 is 1.81 bits per heavy atom. The zero-order chi connectivity index (χ0) is 19.1. The van der Waals surface area contributed by atoms with Crippen LogP contribution in [0.25, 0.3) is 0 Å². The molecule has 1 aliphatic heterocycles.